The zero-order chi connectivity index (χ0) is 22.7. The second-order valence-corrected chi connectivity index (χ2v) is 9.26. The van der Waals surface area contributed by atoms with Gasteiger partial charge in [0.05, 0.1) is 13.7 Å². The molecule has 1 aromatic heterocycles. The quantitative estimate of drug-likeness (QED) is 0.692. The number of likely N-dealkylation sites (tertiary alicyclic amines) is 1. The molecule has 1 fully saturated rings. The number of carbonyl (C=O) groups excluding carboxylic acids is 1. The van der Waals surface area contributed by atoms with Crippen LogP contribution in [0.25, 0.3) is 0 Å². The van der Waals surface area contributed by atoms with Gasteiger partial charge >= 0.3 is 0 Å². The van der Waals surface area contributed by atoms with Gasteiger partial charge in [0, 0.05) is 43.4 Å². The number of piperidine rings is 1. The summed E-state index contributed by atoms with van der Waals surface area (Å²) < 4.78 is 5.30. The number of anilines is 1. The van der Waals surface area contributed by atoms with Gasteiger partial charge in [-0.25, -0.2) is 9.97 Å². The van der Waals surface area contributed by atoms with Crippen LogP contribution in [-0.4, -0.2) is 73.1 Å². The lowest BCUT2D eigenvalue weighted by Gasteiger charge is -2.35. The van der Waals surface area contributed by atoms with E-state index in [9.17, 15) is 4.79 Å². The summed E-state index contributed by atoms with van der Waals surface area (Å²) in [6, 6.07) is 8.27. The predicted molar refractivity (Wildman–Crippen MR) is 126 cm³/mol. The fraction of sp³-hybridized carbons (Fsp3) is 0.560. The fourth-order valence-electron chi connectivity index (χ4n) is 4.78. The molecule has 1 atom stereocenters. The van der Waals surface area contributed by atoms with Crippen molar-refractivity contribution in [2.75, 3.05) is 52.3 Å². The van der Waals surface area contributed by atoms with Crippen LogP contribution in [0.2, 0.25) is 0 Å². The number of likely N-dealkylation sites (N-methyl/N-ethyl adjacent to an activating group) is 1. The number of hydrogen-bond acceptors (Lipinski definition) is 6. The molecule has 0 aliphatic carbocycles. The third-order valence-electron chi connectivity index (χ3n) is 6.49. The summed E-state index contributed by atoms with van der Waals surface area (Å²) in [4.78, 5) is 29.0. The molecular formula is C25H35N5O2. The van der Waals surface area contributed by atoms with E-state index in [1.165, 1.54) is 11.1 Å². The molecule has 0 saturated carbocycles. The van der Waals surface area contributed by atoms with E-state index in [0.29, 0.717) is 13.1 Å². The molecule has 2 aromatic rings. The maximum absolute atomic E-state index is 12.6. The van der Waals surface area contributed by atoms with Crippen molar-refractivity contribution < 1.29 is 9.53 Å². The molecule has 0 radical (unpaired) electrons. The Kier molecular flexibility index (Phi) is 6.94. The molecule has 0 bridgehead atoms. The van der Waals surface area contributed by atoms with Gasteiger partial charge < -0.3 is 19.4 Å². The van der Waals surface area contributed by atoms with Gasteiger partial charge in [-0.3, -0.25) is 4.79 Å². The average molecular weight is 438 g/mol. The van der Waals surface area contributed by atoms with Gasteiger partial charge in [-0.1, -0.05) is 12.1 Å². The lowest BCUT2D eigenvalue weighted by Crippen LogP contribution is -2.43. The molecule has 2 aliphatic heterocycles. The van der Waals surface area contributed by atoms with Gasteiger partial charge in [0.25, 0.3) is 0 Å². The van der Waals surface area contributed by atoms with Crippen molar-refractivity contribution in [3.63, 3.8) is 0 Å². The first-order valence-corrected chi connectivity index (χ1v) is 11.6. The molecule has 0 spiro atoms. The van der Waals surface area contributed by atoms with Crippen LogP contribution in [-0.2, 0) is 17.8 Å². The van der Waals surface area contributed by atoms with E-state index in [0.717, 1.165) is 68.4 Å². The first-order valence-electron chi connectivity index (χ1n) is 11.6. The van der Waals surface area contributed by atoms with E-state index < -0.39 is 0 Å². The van der Waals surface area contributed by atoms with Crippen molar-refractivity contribution in [1.29, 1.82) is 0 Å². The maximum Gasteiger partial charge on any atom is 0.236 e. The average Bonchev–Trinajstić information content (AvgIpc) is 2.79. The van der Waals surface area contributed by atoms with Crippen LogP contribution in [0.1, 0.15) is 47.8 Å². The minimum absolute atomic E-state index is 0.190. The Labute approximate surface area is 191 Å². The standard InChI is InChI=1S/C25H35N5O2/c1-18-22-8-6-14-30(15-19-9-11-21(32-4)12-10-19)25(22)27-24(26-18)20-7-5-13-29(16-20)23(31)17-28(2)3/h9-12,20H,5-8,13-17H2,1-4H3/t20-/m1/s1. The third-order valence-corrected chi connectivity index (χ3v) is 6.49. The first-order chi connectivity index (χ1) is 15.4. The number of fused-ring (bicyclic) bond motifs is 1. The molecular weight excluding hydrogens is 402 g/mol. The van der Waals surface area contributed by atoms with Crippen molar-refractivity contribution in [3.8, 4) is 5.75 Å². The van der Waals surface area contributed by atoms with Crippen molar-refractivity contribution in [2.24, 2.45) is 0 Å². The van der Waals surface area contributed by atoms with Crippen molar-refractivity contribution in [2.45, 2.75) is 45.1 Å². The number of rotatable bonds is 6. The summed E-state index contributed by atoms with van der Waals surface area (Å²) in [6.45, 7) is 5.92. The predicted octanol–water partition coefficient (Wildman–Crippen LogP) is 3.01. The van der Waals surface area contributed by atoms with E-state index in [4.69, 9.17) is 14.7 Å². The van der Waals surface area contributed by atoms with Crippen LogP contribution in [0.3, 0.4) is 0 Å². The number of nitrogens with zero attached hydrogens (tertiary/aromatic N) is 5. The number of hydrogen-bond donors (Lipinski definition) is 0. The molecule has 7 nitrogen and oxygen atoms in total. The number of aryl methyl sites for hydroxylation is 1. The van der Waals surface area contributed by atoms with Crippen molar-refractivity contribution in [1.82, 2.24) is 19.8 Å². The van der Waals surface area contributed by atoms with Gasteiger partial charge in [-0.05, 0) is 64.4 Å². The fourth-order valence-corrected chi connectivity index (χ4v) is 4.78. The second kappa shape index (κ2) is 9.86. The smallest absolute Gasteiger partial charge is 0.236 e. The topological polar surface area (TPSA) is 61.8 Å². The summed E-state index contributed by atoms with van der Waals surface area (Å²) in [5.41, 5.74) is 3.60. The Bertz CT molecular complexity index is 944. The summed E-state index contributed by atoms with van der Waals surface area (Å²) >= 11 is 0. The summed E-state index contributed by atoms with van der Waals surface area (Å²) in [5, 5.41) is 0. The lowest BCUT2D eigenvalue weighted by molar-refractivity contribution is -0.133. The number of amides is 1. The van der Waals surface area contributed by atoms with Crippen molar-refractivity contribution in [3.05, 3.63) is 46.9 Å². The Morgan fingerprint density at radius 1 is 1.16 bits per heavy atom. The number of benzene rings is 1. The monoisotopic (exact) mass is 437 g/mol. The summed E-state index contributed by atoms with van der Waals surface area (Å²) in [7, 11) is 5.57. The zero-order valence-electron chi connectivity index (χ0n) is 19.8. The molecule has 0 N–H and O–H groups in total. The Balaban J connectivity index is 1.55. The van der Waals surface area contributed by atoms with Gasteiger partial charge in [-0.15, -0.1) is 0 Å². The van der Waals surface area contributed by atoms with Crippen molar-refractivity contribution >= 4 is 11.7 Å². The van der Waals surface area contributed by atoms with E-state index in [-0.39, 0.29) is 11.8 Å². The minimum atomic E-state index is 0.190. The largest absolute Gasteiger partial charge is 0.497 e. The van der Waals surface area contributed by atoms with Crippen LogP contribution < -0.4 is 9.64 Å². The van der Waals surface area contributed by atoms with Gasteiger partial charge in [0.1, 0.15) is 17.4 Å². The summed E-state index contributed by atoms with van der Waals surface area (Å²) in [5.74, 6) is 3.23. The molecule has 1 amide bonds. The Morgan fingerprint density at radius 2 is 1.94 bits per heavy atom. The molecule has 2 aliphatic rings. The highest BCUT2D eigenvalue weighted by Crippen LogP contribution is 2.32. The van der Waals surface area contributed by atoms with Gasteiger partial charge in [0.15, 0.2) is 0 Å². The molecule has 1 saturated heterocycles. The highest BCUT2D eigenvalue weighted by molar-refractivity contribution is 5.78. The Morgan fingerprint density at radius 3 is 2.66 bits per heavy atom. The maximum atomic E-state index is 12.6. The first kappa shape index (κ1) is 22.5. The van der Waals surface area contributed by atoms with Crippen LogP contribution in [0, 0.1) is 6.92 Å². The molecule has 0 unspecified atom stereocenters. The van der Waals surface area contributed by atoms with Crippen LogP contribution in [0.5, 0.6) is 5.75 Å². The van der Waals surface area contributed by atoms with Gasteiger partial charge in [-0.2, -0.15) is 0 Å². The van der Waals surface area contributed by atoms with Crippen LogP contribution in [0.4, 0.5) is 5.82 Å². The molecule has 3 heterocycles. The molecule has 7 heteroatoms. The number of carbonyl (C=O) groups is 1. The molecule has 172 valence electrons. The minimum Gasteiger partial charge on any atom is -0.497 e. The number of aromatic nitrogens is 2. The molecule has 1 aromatic carbocycles. The highest BCUT2D eigenvalue weighted by Gasteiger charge is 2.29. The van der Waals surface area contributed by atoms with Crippen LogP contribution >= 0.6 is 0 Å². The zero-order valence-corrected chi connectivity index (χ0v) is 19.8. The van der Waals surface area contributed by atoms with E-state index >= 15 is 0 Å². The van der Waals surface area contributed by atoms with Crippen LogP contribution in [0.15, 0.2) is 24.3 Å². The van der Waals surface area contributed by atoms with Gasteiger partial charge in [0.2, 0.25) is 5.91 Å². The van der Waals surface area contributed by atoms with E-state index in [1.54, 1.807) is 7.11 Å². The number of ether oxygens (including phenoxy) is 1. The third kappa shape index (κ3) is 5.04. The molecule has 4 rings (SSSR count). The normalized spacial score (nSPS) is 18.6. The molecule has 32 heavy (non-hydrogen) atoms. The highest BCUT2D eigenvalue weighted by atomic mass is 16.5. The summed E-state index contributed by atoms with van der Waals surface area (Å²) in [6.07, 6.45) is 4.17. The Hall–Kier alpha value is -2.67. The number of methoxy groups -OCH3 is 1. The van der Waals surface area contributed by atoms with E-state index in [2.05, 4.69) is 24.0 Å². The second-order valence-electron chi connectivity index (χ2n) is 9.26. The lowest BCUT2D eigenvalue weighted by atomic mass is 9.96. The van der Waals surface area contributed by atoms with E-state index in [1.807, 2.05) is 36.0 Å². The SMILES string of the molecule is COc1ccc(CN2CCCc3c(C)nc([C@@H]4CCCN(C(=O)CN(C)C)C4)nc32)cc1.